The SMILES string of the molecule is CCCCOCCNC(=O)CCc1cccc(N)c1. The van der Waals surface area contributed by atoms with Crippen molar-refractivity contribution in [2.45, 2.75) is 32.6 Å². The number of anilines is 1. The first kappa shape index (κ1) is 15.5. The number of hydrogen-bond donors (Lipinski definition) is 2. The van der Waals surface area contributed by atoms with Crippen LogP contribution in [0.2, 0.25) is 0 Å². The first-order chi connectivity index (χ1) is 9.22. The molecule has 19 heavy (non-hydrogen) atoms. The van der Waals surface area contributed by atoms with Crippen molar-refractivity contribution in [1.82, 2.24) is 5.32 Å². The van der Waals surface area contributed by atoms with E-state index in [9.17, 15) is 4.79 Å². The number of nitrogens with two attached hydrogens (primary N) is 1. The maximum absolute atomic E-state index is 11.6. The molecule has 0 spiro atoms. The maximum atomic E-state index is 11.6. The first-order valence-electron chi connectivity index (χ1n) is 6.91. The third-order valence-corrected chi connectivity index (χ3v) is 2.80. The van der Waals surface area contributed by atoms with Crippen molar-refractivity contribution in [3.8, 4) is 0 Å². The van der Waals surface area contributed by atoms with Gasteiger partial charge in [0.1, 0.15) is 0 Å². The Balaban J connectivity index is 2.08. The zero-order valence-electron chi connectivity index (χ0n) is 11.7. The summed E-state index contributed by atoms with van der Waals surface area (Å²) in [4.78, 5) is 11.6. The second kappa shape index (κ2) is 9.39. The Labute approximate surface area is 115 Å². The van der Waals surface area contributed by atoms with Gasteiger partial charge in [-0.25, -0.2) is 0 Å². The van der Waals surface area contributed by atoms with E-state index in [1.54, 1.807) is 0 Å². The largest absolute Gasteiger partial charge is 0.399 e. The van der Waals surface area contributed by atoms with E-state index in [4.69, 9.17) is 10.5 Å². The van der Waals surface area contributed by atoms with E-state index >= 15 is 0 Å². The summed E-state index contributed by atoms with van der Waals surface area (Å²) in [5.74, 6) is 0.0570. The van der Waals surface area contributed by atoms with Crippen LogP contribution in [0.3, 0.4) is 0 Å². The third-order valence-electron chi connectivity index (χ3n) is 2.80. The molecule has 0 atom stereocenters. The Hall–Kier alpha value is -1.55. The van der Waals surface area contributed by atoms with Crippen molar-refractivity contribution in [3.63, 3.8) is 0 Å². The Morgan fingerprint density at radius 1 is 1.37 bits per heavy atom. The Bertz CT molecular complexity index is 380. The summed E-state index contributed by atoms with van der Waals surface area (Å²) in [6.07, 6.45) is 3.40. The smallest absolute Gasteiger partial charge is 0.220 e. The van der Waals surface area contributed by atoms with E-state index in [0.717, 1.165) is 30.7 Å². The lowest BCUT2D eigenvalue weighted by Gasteiger charge is -2.06. The van der Waals surface area contributed by atoms with Crippen LogP contribution < -0.4 is 11.1 Å². The summed E-state index contributed by atoms with van der Waals surface area (Å²) < 4.78 is 5.37. The molecule has 4 heteroatoms. The molecule has 1 rings (SSSR count). The molecular formula is C15H24N2O2. The molecule has 0 aliphatic rings. The first-order valence-corrected chi connectivity index (χ1v) is 6.91. The van der Waals surface area contributed by atoms with Gasteiger partial charge in [-0.3, -0.25) is 4.79 Å². The van der Waals surface area contributed by atoms with Crippen molar-refractivity contribution in [2.75, 3.05) is 25.5 Å². The van der Waals surface area contributed by atoms with Crippen LogP contribution in [-0.2, 0) is 16.0 Å². The molecule has 0 heterocycles. The van der Waals surface area contributed by atoms with Crippen LogP contribution in [0.4, 0.5) is 5.69 Å². The van der Waals surface area contributed by atoms with E-state index in [1.807, 2.05) is 24.3 Å². The quantitative estimate of drug-likeness (QED) is 0.530. The molecule has 0 unspecified atom stereocenters. The number of amides is 1. The summed E-state index contributed by atoms with van der Waals surface area (Å²) >= 11 is 0. The van der Waals surface area contributed by atoms with E-state index in [-0.39, 0.29) is 5.91 Å². The van der Waals surface area contributed by atoms with Gasteiger partial charge < -0.3 is 15.8 Å². The predicted octanol–water partition coefficient (Wildman–Crippen LogP) is 2.13. The number of carbonyl (C=O) groups is 1. The molecule has 1 aromatic carbocycles. The number of aryl methyl sites for hydroxylation is 1. The molecule has 0 aromatic heterocycles. The highest BCUT2D eigenvalue weighted by Gasteiger charge is 2.02. The fraction of sp³-hybridized carbons (Fsp3) is 0.533. The van der Waals surface area contributed by atoms with Crippen LogP contribution in [-0.4, -0.2) is 25.7 Å². The second-order valence-corrected chi connectivity index (χ2v) is 4.56. The number of ether oxygens (including phenoxy) is 1. The molecule has 0 saturated heterocycles. The number of carbonyl (C=O) groups excluding carboxylic acids is 1. The number of rotatable bonds is 9. The number of benzene rings is 1. The van der Waals surface area contributed by atoms with Gasteiger partial charge in [-0.15, -0.1) is 0 Å². The minimum absolute atomic E-state index is 0.0570. The molecule has 0 aliphatic heterocycles. The van der Waals surface area contributed by atoms with Gasteiger partial charge in [-0.05, 0) is 30.5 Å². The lowest BCUT2D eigenvalue weighted by atomic mass is 10.1. The molecule has 0 saturated carbocycles. The lowest BCUT2D eigenvalue weighted by Crippen LogP contribution is -2.27. The Morgan fingerprint density at radius 2 is 2.21 bits per heavy atom. The number of unbranched alkanes of at least 4 members (excludes halogenated alkanes) is 1. The summed E-state index contributed by atoms with van der Waals surface area (Å²) in [6, 6.07) is 7.64. The van der Waals surface area contributed by atoms with E-state index in [0.29, 0.717) is 26.0 Å². The van der Waals surface area contributed by atoms with Crippen molar-refractivity contribution in [1.29, 1.82) is 0 Å². The van der Waals surface area contributed by atoms with Gasteiger partial charge in [0.25, 0.3) is 0 Å². The van der Waals surface area contributed by atoms with Gasteiger partial charge in [0.2, 0.25) is 5.91 Å². The Kier molecular flexibility index (Phi) is 7.66. The zero-order chi connectivity index (χ0) is 13.9. The van der Waals surface area contributed by atoms with Crippen molar-refractivity contribution < 1.29 is 9.53 Å². The van der Waals surface area contributed by atoms with Crippen LogP contribution in [0, 0.1) is 0 Å². The highest BCUT2D eigenvalue weighted by molar-refractivity contribution is 5.76. The van der Waals surface area contributed by atoms with Gasteiger partial charge >= 0.3 is 0 Å². The average molecular weight is 264 g/mol. The molecule has 1 aromatic rings. The third kappa shape index (κ3) is 7.47. The minimum Gasteiger partial charge on any atom is -0.399 e. The monoisotopic (exact) mass is 264 g/mol. The molecule has 0 aliphatic carbocycles. The number of hydrogen-bond acceptors (Lipinski definition) is 3. The maximum Gasteiger partial charge on any atom is 0.220 e. The van der Waals surface area contributed by atoms with Gasteiger partial charge in [-0.1, -0.05) is 25.5 Å². The van der Waals surface area contributed by atoms with Crippen molar-refractivity contribution >= 4 is 11.6 Å². The van der Waals surface area contributed by atoms with Crippen molar-refractivity contribution in [3.05, 3.63) is 29.8 Å². The molecule has 4 nitrogen and oxygen atoms in total. The minimum atomic E-state index is 0.0570. The molecule has 0 bridgehead atoms. The van der Waals surface area contributed by atoms with Crippen LogP contribution >= 0.6 is 0 Å². The normalized spacial score (nSPS) is 10.4. The number of nitrogens with one attached hydrogen (secondary N) is 1. The standard InChI is InChI=1S/C15H24N2O2/c1-2-3-10-19-11-9-17-15(18)8-7-13-5-4-6-14(16)12-13/h4-6,12H,2-3,7-11,16H2,1H3,(H,17,18). The van der Waals surface area contributed by atoms with Gasteiger partial charge in [-0.2, -0.15) is 0 Å². The molecule has 0 fully saturated rings. The van der Waals surface area contributed by atoms with Crippen molar-refractivity contribution in [2.24, 2.45) is 0 Å². The molecule has 1 amide bonds. The van der Waals surface area contributed by atoms with Gasteiger partial charge in [0.15, 0.2) is 0 Å². The topological polar surface area (TPSA) is 64.3 Å². The van der Waals surface area contributed by atoms with Crippen LogP contribution in [0.15, 0.2) is 24.3 Å². The summed E-state index contributed by atoms with van der Waals surface area (Å²) in [5.41, 5.74) is 7.52. The zero-order valence-corrected chi connectivity index (χ0v) is 11.7. The van der Waals surface area contributed by atoms with Crippen LogP contribution in [0.25, 0.3) is 0 Å². The van der Waals surface area contributed by atoms with Crippen LogP contribution in [0.5, 0.6) is 0 Å². The van der Waals surface area contributed by atoms with E-state index in [2.05, 4.69) is 12.2 Å². The lowest BCUT2D eigenvalue weighted by molar-refractivity contribution is -0.121. The van der Waals surface area contributed by atoms with Gasteiger partial charge in [0.05, 0.1) is 6.61 Å². The predicted molar refractivity (Wildman–Crippen MR) is 77.9 cm³/mol. The fourth-order valence-electron chi connectivity index (χ4n) is 1.71. The highest BCUT2D eigenvalue weighted by Crippen LogP contribution is 2.08. The summed E-state index contributed by atoms with van der Waals surface area (Å²) in [7, 11) is 0. The molecule has 3 N–H and O–H groups in total. The fourth-order valence-corrected chi connectivity index (χ4v) is 1.71. The molecule has 106 valence electrons. The highest BCUT2D eigenvalue weighted by atomic mass is 16.5. The van der Waals surface area contributed by atoms with Gasteiger partial charge in [0, 0.05) is 25.3 Å². The summed E-state index contributed by atoms with van der Waals surface area (Å²) in [6.45, 7) is 4.07. The van der Waals surface area contributed by atoms with E-state index in [1.165, 1.54) is 0 Å². The van der Waals surface area contributed by atoms with Crippen LogP contribution in [0.1, 0.15) is 31.7 Å². The Morgan fingerprint density at radius 3 is 2.95 bits per heavy atom. The summed E-state index contributed by atoms with van der Waals surface area (Å²) in [5, 5.41) is 2.85. The second-order valence-electron chi connectivity index (χ2n) is 4.56. The molecular weight excluding hydrogens is 240 g/mol. The average Bonchev–Trinajstić information content (AvgIpc) is 2.40. The van der Waals surface area contributed by atoms with E-state index < -0.39 is 0 Å². The number of nitrogen functional groups attached to an aromatic ring is 1. The molecule has 0 radical (unpaired) electrons.